The largest absolute Gasteiger partial charge is 0.441 e. The molecule has 286 valence electrons. The molecule has 9 aromatic carbocycles. The molecule has 0 spiro atoms. The number of aromatic nitrogens is 3. The van der Waals surface area contributed by atoms with Crippen LogP contribution in [0.5, 0.6) is 0 Å². The summed E-state index contributed by atoms with van der Waals surface area (Å²) < 4.78 is 12.1. The van der Waals surface area contributed by atoms with E-state index in [2.05, 4.69) is 234 Å². The molecule has 61 heavy (non-hydrogen) atoms. The summed E-state index contributed by atoms with van der Waals surface area (Å²) in [4.78, 5) is 0. The van der Waals surface area contributed by atoms with Gasteiger partial charge in [0.15, 0.2) is 0 Å². The van der Waals surface area contributed by atoms with E-state index in [0.29, 0.717) is 0 Å². The number of hydrogen-bond donors (Lipinski definition) is 0. The zero-order chi connectivity index (χ0) is 40.6. The molecule has 12 aromatic rings. The van der Waals surface area contributed by atoms with Gasteiger partial charge < -0.3 is 21.5 Å². The Kier molecular flexibility index (Phi) is 8.46. The van der Waals surface area contributed by atoms with Gasteiger partial charge in [-0.2, -0.15) is 0 Å². The van der Waals surface area contributed by atoms with Gasteiger partial charge in [-0.25, -0.2) is 0 Å². The number of rotatable bonds is 7. The van der Waals surface area contributed by atoms with Crippen molar-refractivity contribution in [3.8, 4) is 17.1 Å². The third-order valence-electron chi connectivity index (χ3n) is 12.6. The van der Waals surface area contributed by atoms with Crippen molar-refractivity contribution in [2.75, 3.05) is 7.77 Å². The Hall–Kier alpha value is -6.96. The summed E-state index contributed by atoms with van der Waals surface area (Å²) in [5.74, 6) is 0. The summed E-state index contributed by atoms with van der Waals surface area (Å²) in [6.07, 6.45) is 0. The van der Waals surface area contributed by atoms with E-state index in [4.69, 9.17) is 0 Å². The summed E-state index contributed by atoms with van der Waals surface area (Å²) in [5, 5.41) is 7.55. The van der Waals surface area contributed by atoms with Crippen LogP contribution >= 0.6 is 0 Å². The van der Waals surface area contributed by atoms with E-state index in [1.54, 1.807) is 0 Å². The smallest absolute Gasteiger partial charge is 0.370 e. The van der Waals surface area contributed by atoms with Gasteiger partial charge in [0, 0.05) is 72.1 Å². The Morgan fingerprint density at radius 1 is 0.246 bits per heavy atom. The highest BCUT2D eigenvalue weighted by atomic mass is 27.1. The molecule has 3 heterocycles. The second kappa shape index (κ2) is 14.4. The van der Waals surface area contributed by atoms with Crippen molar-refractivity contribution < 1.29 is 0 Å². The van der Waals surface area contributed by atoms with Crippen LogP contribution in [0.1, 0.15) is 0 Å². The molecular weight excluding hydrogens is 773 g/mol. The lowest BCUT2D eigenvalue weighted by Crippen LogP contribution is -2.11. The zero-order valence-corrected chi connectivity index (χ0v) is 37.9. The van der Waals surface area contributed by atoms with Gasteiger partial charge in [-0.05, 0) is 121 Å². The third kappa shape index (κ3) is 5.75. The summed E-state index contributed by atoms with van der Waals surface area (Å²) in [5.41, 5.74) is 15.6. The fourth-order valence-corrected chi connectivity index (χ4v) is 10.7. The molecule has 0 amide bonds. The summed E-state index contributed by atoms with van der Waals surface area (Å²) >= 11 is 1.63. The van der Waals surface area contributed by atoms with Gasteiger partial charge in [-0.3, -0.25) is 0 Å². The Balaban J connectivity index is 0.981. The van der Waals surface area contributed by atoms with Gasteiger partial charge in [-0.1, -0.05) is 91.0 Å². The minimum Gasteiger partial charge on any atom is -0.441 e. The predicted molar refractivity (Wildman–Crippen MR) is 264 cm³/mol. The number of fused-ring (bicyclic) bond motifs is 9. The first-order chi connectivity index (χ1) is 30.1. The molecule has 0 N–H and O–H groups in total. The Labute approximate surface area is 369 Å². The van der Waals surface area contributed by atoms with E-state index in [1.807, 2.05) is 0 Å². The SMILES string of the molecule is [AlH2][N](c1ccc2c(c1)c1ccccc1n2-c1ccccc1)c1ccc2c(c1)c1cc([N]([AlH2])c3ccc4c(c3)c3ccccc3n4-c3ccccc3)ccc1n2-c1ccccc1. The molecule has 0 fully saturated rings. The second-order valence-electron chi connectivity index (χ2n) is 16.0. The predicted octanol–water partition coefficient (Wildman–Crippen LogP) is 12.4. The number of nitrogens with zero attached hydrogens (tertiary/aromatic N) is 5. The lowest BCUT2D eigenvalue weighted by Gasteiger charge is -2.23. The monoisotopic (exact) mass is 811 g/mol. The lowest BCUT2D eigenvalue weighted by molar-refractivity contribution is 1.18. The number of benzene rings is 9. The van der Waals surface area contributed by atoms with Crippen LogP contribution in [-0.2, 0) is 0 Å². The maximum atomic E-state index is 2.46. The zero-order valence-electron chi connectivity index (χ0n) is 33.9. The quantitative estimate of drug-likeness (QED) is 0.150. The Morgan fingerprint density at radius 2 is 0.492 bits per heavy atom. The van der Waals surface area contributed by atoms with Crippen molar-refractivity contribution >= 4 is 121 Å². The van der Waals surface area contributed by atoms with E-state index in [9.17, 15) is 0 Å². The van der Waals surface area contributed by atoms with Crippen LogP contribution in [0.4, 0.5) is 22.7 Å². The van der Waals surface area contributed by atoms with Crippen LogP contribution in [-0.4, -0.2) is 46.7 Å². The molecular formula is C54H39Al2N5. The van der Waals surface area contributed by atoms with E-state index in [0.717, 1.165) is 38.7 Å². The average Bonchev–Trinajstić information content (AvgIpc) is 3.96. The topological polar surface area (TPSA) is 21.3 Å². The minimum absolute atomic E-state index is 0.816. The van der Waals surface area contributed by atoms with Crippen LogP contribution < -0.4 is 7.77 Å². The molecule has 12 rings (SSSR count). The number of hydrogen-bond acceptors (Lipinski definition) is 2. The molecule has 0 bridgehead atoms. The molecule has 0 saturated heterocycles. The Bertz CT molecular complexity index is 3410. The molecule has 7 heteroatoms. The molecule has 3 aromatic heterocycles. The molecule has 0 radical (unpaired) electrons. The number of para-hydroxylation sites is 5. The molecule has 0 aliphatic rings. The van der Waals surface area contributed by atoms with E-state index in [1.165, 1.54) is 99.5 Å². The molecule has 0 atom stereocenters. The second-order valence-corrected chi connectivity index (χ2v) is 17.8. The highest BCUT2D eigenvalue weighted by Crippen LogP contribution is 2.41. The van der Waals surface area contributed by atoms with Crippen LogP contribution in [0.25, 0.3) is 82.5 Å². The summed E-state index contributed by atoms with van der Waals surface area (Å²) in [6, 6.07) is 77.7. The van der Waals surface area contributed by atoms with Crippen LogP contribution in [0.2, 0.25) is 0 Å². The Morgan fingerprint density at radius 3 is 0.803 bits per heavy atom. The van der Waals surface area contributed by atoms with Crippen LogP contribution in [0, 0.1) is 0 Å². The van der Waals surface area contributed by atoms with Gasteiger partial charge in [0.1, 0.15) is 0 Å². The summed E-state index contributed by atoms with van der Waals surface area (Å²) in [6.45, 7) is 0. The first kappa shape index (κ1) is 35.9. The fourth-order valence-electron chi connectivity index (χ4n) is 9.62. The van der Waals surface area contributed by atoms with Gasteiger partial charge in [0.25, 0.3) is 0 Å². The fraction of sp³-hybridized carbons (Fsp3) is 0. The van der Waals surface area contributed by atoms with Crippen molar-refractivity contribution in [1.82, 2.24) is 13.7 Å². The third-order valence-corrected chi connectivity index (χ3v) is 14.7. The van der Waals surface area contributed by atoms with Crippen molar-refractivity contribution in [3.05, 3.63) is 212 Å². The maximum absolute atomic E-state index is 2.46. The van der Waals surface area contributed by atoms with Crippen molar-refractivity contribution in [2.45, 2.75) is 0 Å². The van der Waals surface area contributed by atoms with E-state index >= 15 is 0 Å². The maximum Gasteiger partial charge on any atom is 0.370 e. The average molecular weight is 812 g/mol. The highest BCUT2D eigenvalue weighted by molar-refractivity contribution is 6.26. The molecule has 0 unspecified atom stereocenters. The summed E-state index contributed by atoms with van der Waals surface area (Å²) in [7, 11) is 0. The standard InChI is InChI=1S/C54H35N5.2Al.4H/c1-4-14-40(15-5-1)57-49-22-12-10-20-43(49)45-32-36(24-28-51(45)57)55-38-26-30-53-47(34-38)48-35-39(27-31-54(48)59(53)42-18-8-3-9-19-42)56-37-25-29-52-46(33-37)44-21-11-13-23-50(44)58(52)41-16-6-2-7-17-41;;;;;;/h1-35H;;;;;;/q-2;2*+1;;;;. The van der Waals surface area contributed by atoms with E-state index < -0.39 is 0 Å². The first-order valence-electron chi connectivity index (χ1n) is 20.9. The molecule has 5 nitrogen and oxygen atoms in total. The van der Waals surface area contributed by atoms with Crippen LogP contribution in [0.15, 0.2) is 212 Å². The lowest BCUT2D eigenvalue weighted by atomic mass is 10.1. The van der Waals surface area contributed by atoms with Gasteiger partial charge in [-0.15, -0.1) is 0 Å². The van der Waals surface area contributed by atoms with Gasteiger partial charge in [0.2, 0.25) is 0 Å². The van der Waals surface area contributed by atoms with Gasteiger partial charge in [0.05, 0.1) is 33.1 Å². The van der Waals surface area contributed by atoms with E-state index in [-0.39, 0.29) is 0 Å². The number of anilines is 4. The first-order valence-corrected chi connectivity index (χ1v) is 22.7. The van der Waals surface area contributed by atoms with Crippen molar-refractivity contribution in [3.63, 3.8) is 0 Å². The van der Waals surface area contributed by atoms with Crippen molar-refractivity contribution in [2.24, 2.45) is 0 Å². The van der Waals surface area contributed by atoms with Crippen molar-refractivity contribution in [1.29, 1.82) is 0 Å². The highest BCUT2D eigenvalue weighted by Gasteiger charge is 2.19. The normalized spacial score (nSPS) is 11.7. The molecule has 0 aliphatic carbocycles. The molecule has 0 saturated carbocycles. The minimum atomic E-state index is 0.816. The molecule has 0 aliphatic heterocycles. The van der Waals surface area contributed by atoms with Gasteiger partial charge >= 0.3 is 33.0 Å². The van der Waals surface area contributed by atoms with Crippen LogP contribution in [0.3, 0.4) is 0 Å².